The van der Waals surface area contributed by atoms with Gasteiger partial charge in [0.25, 0.3) is 5.91 Å². The number of furan rings is 1. The highest BCUT2D eigenvalue weighted by Crippen LogP contribution is 2.43. The van der Waals surface area contributed by atoms with Gasteiger partial charge in [-0.05, 0) is 45.1 Å². The summed E-state index contributed by atoms with van der Waals surface area (Å²) >= 11 is 0. The summed E-state index contributed by atoms with van der Waals surface area (Å²) in [5.74, 6) is 2.86. The normalized spacial score (nSPS) is 22.0. The maximum atomic E-state index is 13.0. The van der Waals surface area contributed by atoms with E-state index in [4.69, 9.17) is 4.42 Å². The Labute approximate surface area is 128 Å². The predicted octanol–water partition coefficient (Wildman–Crippen LogP) is 2.95. The average molecular weight is 300 g/mol. The minimum Gasteiger partial charge on any atom is -0.468 e. The lowest BCUT2D eigenvalue weighted by Gasteiger charge is -2.34. The topological polar surface area (TPSA) is 75.0 Å². The van der Waals surface area contributed by atoms with Crippen LogP contribution in [0.2, 0.25) is 0 Å². The second-order valence-corrected chi connectivity index (χ2v) is 6.26. The minimum atomic E-state index is -0.0341. The second-order valence-electron chi connectivity index (χ2n) is 6.26. The van der Waals surface area contributed by atoms with Crippen molar-refractivity contribution >= 4 is 5.91 Å². The first kappa shape index (κ1) is 13.5. The van der Waals surface area contributed by atoms with Gasteiger partial charge in [-0.3, -0.25) is 9.89 Å². The number of nitrogens with one attached hydrogen (secondary N) is 1. The van der Waals surface area contributed by atoms with Gasteiger partial charge in [0.05, 0.1) is 17.9 Å². The van der Waals surface area contributed by atoms with E-state index in [1.165, 1.54) is 0 Å². The van der Waals surface area contributed by atoms with Crippen LogP contribution in [-0.4, -0.2) is 32.5 Å². The number of rotatable bonds is 3. The zero-order valence-electron chi connectivity index (χ0n) is 12.7. The van der Waals surface area contributed by atoms with Crippen LogP contribution in [0.3, 0.4) is 0 Å². The van der Waals surface area contributed by atoms with E-state index in [0.717, 1.165) is 61.6 Å². The Morgan fingerprint density at radius 2 is 2.23 bits per heavy atom. The first-order chi connectivity index (χ1) is 10.7. The molecule has 3 heterocycles. The van der Waals surface area contributed by atoms with Crippen molar-refractivity contribution < 1.29 is 9.21 Å². The molecule has 1 aliphatic heterocycles. The summed E-state index contributed by atoms with van der Waals surface area (Å²) in [6, 6.07) is 1.78. The van der Waals surface area contributed by atoms with Crippen LogP contribution in [0.15, 0.2) is 16.7 Å². The SMILES string of the molecule is Cc1nc([C@@H]2CCCCN2C(=O)c2ccoc2C2CC2)n[nH]1. The standard InChI is InChI=1S/C16H20N4O2/c1-10-17-15(19-18-10)13-4-2-3-8-20(13)16(21)12-7-9-22-14(12)11-5-6-11/h7,9,11,13H,2-6,8H2,1H3,(H,17,18,19)/t13-/m0/s1. The highest BCUT2D eigenvalue weighted by molar-refractivity contribution is 5.95. The van der Waals surface area contributed by atoms with Gasteiger partial charge >= 0.3 is 0 Å². The van der Waals surface area contributed by atoms with Crippen LogP contribution in [0.5, 0.6) is 0 Å². The molecule has 0 radical (unpaired) electrons. The van der Waals surface area contributed by atoms with Gasteiger partial charge in [-0.2, -0.15) is 5.10 Å². The first-order valence-electron chi connectivity index (χ1n) is 8.01. The van der Waals surface area contributed by atoms with Crippen molar-refractivity contribution in [3.05, 3.63) is 35.3 Å². The van der Waals surface area contributed by atoms with Gasteiger partial charge in [0.15, 0.2) is 5.82 Å². The van der Waals surface area contributed by atoms with Crippen molar-refractivity contribution in [1.29, 1.82) is 0 Å². The Kier molecular flexibility index (Phi) is 3.24. The lowest BCUT2D eigenvalue weighted by molar-refractivity contribution is 0.0598. The molecular weight excluding hydrogens is 280 g/mol. The molecule has 0 spiro atoms. The Balaban J connectivity index is 1.63. The number of carbonyl (C=O) groups excluding carboxylic acids is 1. The van der Waals surface area contributed by atoms with E-state index in [-0.39, 0.29) is 11.9 Å². The van der Waals surface area contributed by atoms with Crippen LogP contribution in [-0.2, 0) is 0 Å². The van der Waals surface area contributed by atoms with Crippen LogP contribution in [0.4, 0.5) is 0 Å². The largest absolute Gasteiger partial charge is 0.468 e. The number of H-pyrrole nitrogens is 1. The van der Waals surface area contributed by atoms with Gasteiger partial charge < -0.3 is 9.32 Å². The van der Waals surface area contributed by atoms with Crippen LogP contribution in [0, 0.1) is 6.92 Å². The van der Waals surface area contributed by atoms with Crippen LogP contribution in [0.25, 0.3) is 0 Å². The van der Waals surface area contributed by atoms with E-state index in [1.54, 1.807) is 6.26 Å². The van der Waals surface area contributed by atoms with Crippen molar-refractivity contribution in [3.8, 4) is 0 Å². The van der Waals surface area contributed by atoms with E-state index in [9.17, 15) is 4.79 Å². The van der Waals surface area contributed by atoms with Crippen molar-refractivity contribution in [3.63, 3.8) is 0 Å². The number of likely N-dealkylation sites (tertiary alicyclic amines) is 1. The number of carbonyl (C=O) groups is 1. The van der Waals surface area contributed by atoms with Crippen molar-refractivity contribution in [1.82, 2.24) is 20.1 Å². The van der Waals surface area contributed by atoms with Gasteiger partial charge in [-0.25, -0.2) is 4.98 Å². The molecule has 2 aromatic rings. The highest BCUT2D eigenvalue weighted by Gasteiger charge is 2.36. The molecule has 6 nitrogen and oxygen atoms in total. The number of aryl methyl sites for hydroxylation is 1. The van der Waals surface area contributed by atoms with Crippen LogP contribution < -0.4 is 0 Å². The Morgan fingerprint density at radius 3 is 2.95 bits per heavy atom. The number of amides is 1. The van der Waals surface area contributed by atoms with Crippen LogP contribution >= 0.6 is 0 Å². The summed E-state index contributed by atoms with van der Waals surface area (Å²) in [7, 11) is 0. The molecule has 0 unspecified atom stereocenters. The fourth-order valence-corrected chi connectivity index (χ4v) is 3.27. The third kappa shape index (κ3) is 2.32. The van der Waals surface area contributed by atoms with Crippen molar-refractivity contribution in [2.45, 2.75) is 51.0 Å². The van der Waals surface area contributed by atoms with E-state index in [0.29, 0.717) is 5.92 Å². The molecule has 1 saturated heterocycles. The Bertz CT molecular complexity index is 686. The van der Waals surface area contributed by atoms with E-state index >= 15 is 0 Å². The summed E-state index contributed by atoms with van der Waals surface area (Å²) in [5.41, 5.74) is 0.724. The number of piperidine rings is 1. The molecule has 1 N–H and O–H groups in total. The first-order valence-corrected chi connectivity index (χ1v) is 8.01. The maximum Gasteiger partial charge on any atom is 0.258 e. The molecule has 0 bridgehead atoms. The molecule has 1 saturated carbocycles. The van der Waals surface area contributed by atoms with Crippen LogP contribution in [0.1, 0.15) is 71.8 Å². The molecule has 6 heteroatoms. The quantitative estimate of drug-likeness (QED) is 0.945. The molecule has 22 heavy (non-hydrogen) atoms. The zero-order chi connectivity index (χ0) is 15.1. The zero-order valence-corrected chi connectivity index (χ0v) is 12.7. The highest BCUT2D eigenvalue weighted by atomic mass is 16.3. The number of aromatic amines is 1. The molecule has 0 aromatic carbocycles. The Hall–Kier alpha value is -2.11. The van der Waals surface area contributed by atoms with Crippen molar-refractivity contribution in [2.75, 3.05) is 6.54 Å². The van der Waals surface area contributed by atoms with E-state index < -0.39 is 0 Å². The summed E-state index contributed by atoms with van der Waals surface area (Å²) in [4.78, 5) is 19.4. The fourth-order valence-electron chi connectivity index (χ4n) is 3.27. The minimum absolute atomic E-state index is 0.0341. The molecule has 1 amide bonds. The molecule has 2 aliphatic rings. The monoisotopic (exact) mass is 300 g/mol. The second kappa shape index (κ2) is 5.26. The average Bonchev–Trinajstić information content (AvgIpc) is 3.10. The molecule has 4 rings (SSSR count). The summed E-state index contributed by atoms with van der Waals surface area (Å²) in [6.07, 6.45) is 6.93. The number of hydrogen-bond donors (Lipinski definition) is 1. The maximum absolute atomic E-state index is 13.0. The molecular formula is C16H20N4O2. The number of nitrogens with zero attached hydrogens (tertiary/aromatic N) is 3. The van der Waals surface area contributed by atoms with Gasteiger partial charge in [0.2, 0.25) is 0 Å². The van der Waals surface area contributed by atoms with E-state index in [2.05, 4.69) is 15.2 Å². The molecule has 1 aliphatic carbocycles. The van der Waals surface area contributed by atoms with Crippen molar-refractivity contribution in [2.24, 2.45) is 0 Å². The van der Waals surface area contributed by atoms with Gasteiger partial charge in [0, 0.05) is 12.5 Å². The fraction of sp³-hybridized carbons (Fsp3) is 0.562. The summed E-state index contributed by atoms with van der Waals surface area (Å²) in [5, 5.41) is 7.15. The van der Waals surface area contributed by atoms with Gasteiger partial charge in [0.1, 0.15) is 11.6 Å². The molecule has 1 atom stereocenters. The number of aromatic nitrogens is 3. The molecule has 116 valence electrons. The number of hydrogen-bond acceptors (Lipinski definition) is 4. The third-order valence-corrected chi connectivity index (χ3v) is 4.55. The molecule has 2 fully saturated rings. The lowest BCUT2D eigenvalue weighted by Crippen LogP contribution is -2.39. The Morgan fingerprint density at radius 1 is 1.36 bits per heavy atom. The summed E-state index contributed by atoms with van der Waals surface area (Å²) < 4.78 is 5.56. The van der Waals surface area contributed by atoms with Gasteiger partial charge in [-0.15, -0.1) is 0 Å². The predicted molar refractivity (Wildman–Crippen MR) is 79.4 cm³/mol. The summed E-state index contributed by atoms with van der Waals surface area (Å²) in [6.45, 7) is 2.64. The lowest BCUT2D eigenvalue weighted by atomic mass is 10.00. The third-order valence-electron chi connectivity index (χ3n) is 4.55. The molecule has 2 aromatic heterocycles. The van der Waals surface area contributed by atoms with Gasteiger partial charge in [-0.1, -0.05) is 0 Å². The smallest absolute Gasteiger partial charge is 0.258 e. The van der Waals surface area contributed by atoms with E-state index in [1.807, 2.05) is 17.9 Å².